The Labute approximate surface area is 90.7 Å². The lowest BCUT2D eigenvalue weighted by Crippen LogP contribution is -2.22. The van der Waals surface area contributed by atoms with E-state index in [0.717, 1.165) is 6.07 Å². The van der Waals surface area contributed by atoms with Gasteiger partial charge in [-0.15, -0.1) is 0 Å². The van der Waals surface area contributed by atoms with Gasteiger partial charge in [0.15, 0.2) is 0 Å². The summed E-state index contributed by atoms with van der Waals surface area (Å²) < 4.78 is 38.1. The van der Waals surface area contributed by atoms with Gasteiger partial charge in [-0.2, -0.15) is 13.2 Å². The molecule has 0 fully saturated rings. The number of alkyl halides is 3. The van der Waals surface area contributed by atoms with Crippen molar-refractivity contribution in [3.05, 3.63) is 42.1 Å². The highest BCUT2D eigenvalue weighted by atomic mass is 19.4. The number of allylic oxidation sites excluding steroid dienone is 1. The molecule has 16 heavy (non-hydrogen) atoms. The van der Waals surface area contributed by atoms with Crippen molar-refractivity contribution in [2.24, 2.45) is 4.99 Å². The molecule has 1 aromatic rings. The van der Waals surface area contributed by atoms with E-state index in [1.54, 1.807) is 24.6 Å². The largest absolute Gasteiger partial charge is 0.418 e. The van der Waals surface area contributed by atoms with Crippen molar-refractivity contribution in [1.29, 1.82) is 0 Å². The molecule has 0 atom stereocenters. The standard InChI is InChI=1S/C11H9F3N2/c12-11(13,14)9-4-1-2-5-10(9)16-7-3-6-15-8-16/h1-7H,8H2. The van der Waals surface area contributed by atoms with Gasteiger partial charge in [-0.05, 0) is 18.2 Å². The van der Waals surface area contributed by atoms with E-state index in [1.165, 1.54) is 17.0 Å². The van der Waals surface area contributed by atoms with E-state index in [2.05, 4.69) is 4.99 Å². The molecule has 0 bridgehead atoms. The van der Waals surface area contributed by atoms with Gasteiger partial charge in [0, 0.05) is 12.4 Å². The summed E-state index contributed by atoms with van der Waals surface area (Å²) in [4.78, 5) is 5.37. The van der Waals surface area contributed by atoms with E-state index in [4.69, 9.17) is 0 Å². The summed E-state index contributed by atoms with van der Waals surface area (Å²) in [5.74, 6) is 0. The summed E-state index contributed by atoms with van der Waals surface area (Å²) in [5, 5.41) is 0. The van der Waals surface area contributed by atoms with Crippen LogP contribution >= 0.6 is 0 Å². The van der Waals surface area contributed by atoms with Crippen LogP contribution in [0, 0.1) is 0 Å². The number of rotatable bonds is 1. The minimum atomic E-state index is -4.34. The third-order valence-corrected chi connectivity index (χ3v) is 2.21. The lowest BCUT2D eigenvalue weighted by atomic mass is 10.1. The minimum absolute atomic E-state index is 0.128. The van der Waals surface area contributed by atoms with Crippen molar-refractivity contribution in [2.75, 3.05) is 11.6 Å². The summed E-state index contributed by atoms with van der Waals surface area (Å²) in [6.45, 7) is 0.212. The Morgan fingerprint density at radius 2 is 1.94 bits per heavy atom. The van der Waals surface area contributed by atoms with Crippen LogP contribution in [-0.4, -0.2) is 12.9 Å². The third kappa shape index (κ3) is 2.08. The fourth-order valence-electron chi connectivity index (χ4n) is 1.51. The first-order chi connectivity index (χ1) is 7.59. The van der Waals surface area contributed by atoms with Gasteiger partial charge in [0.1, 0.15) is 6.67 Å². The van der Waals surface area contributed by atoms with Gasteiger partial charge < -0.3 is 4.90 Å². The molecule has 0 aliphatic carbocycles. The molecule has 1 aliphatic heterocycles. The van der Waals surface area contributed by atoms with Crippen molar-refractivity contribution >= 4 is 11.9 Å². The zero-order chi connectivity index (χ0) is 11.6. The summed E-state index contributed by atoms with van der Waals surface area (Å²) in [6, 6.07) is 5.47. The van der Waals surface area contributed by atoms with Gasteiger partial charge in [0.05, 0.1) is 11.3 Å². The molecule has 0 radical (unpaired) electrons. The SMILES string of the molecule is FC(F)(F)c1ccccc1N1C=CC=NC1. The van der Waals surface area contributed by atoms with Gasteiger partial charge in [-0.3, -0.25) is 4.99 Å². The summed E-state index contributed by atoms with van der Waals surface area (Å²) in [5.41, 5.74) is -0.514. The highest BCUT2D eigenvalue weighted by Crippen LogP contribution is 2.36. The number of hydrogen-bond donors (Lipinski definition) is 0. The fourth-order valence-corrected chi connectivity index (χ4v) is 1.51. The topological polar surface area (TPSA) is 15.6 Å². The Kier molecular flexibility index (Phi) is 2.68. The van der Waals surface area contributed by atoms with Crippen LogP contribution in [0.2, 0.25) is 0 Å². The second kappa shape index (κ2) is 4.00. The predicted octanol–water partition coefficient (Wildman–Crippen LogP) is 3.07. The Morgan fingerprint density at radius 1 is 1.19 bits per heavy atom. The predicted molar refractivity (Wildman–Crippen MR) is 56.4 cm³/mol. The van der Waals surface area contributed by atoms with Crippen molar-refractivity contribution < 1.29 is 13.2 Å². The minimum Gasteiger partial charge on any atom is -0.327 e. The van der Waals surface area contributed by atoms with Gasteiger partial charge in [0.2, 0.25) is 0 Å². The van der Waals surface area contributed by atoms with E-state index >= 15 is 0 Å². The van der Waals surface area contributed by atoms with E-state index in [9.17, 15) is 13.2 Å². The maximum atomic E-state index is 12.7. The van der Waals surface area contributed by atoms with Crippen molar-refractivity contribution in [2.45, 2.75) is 6.18 Å². The van der Waals surface area contributed by atoms with Crippen LogP contribution in [0.1, 0.15) is 5.56 Å². The van der Waals surface area contributed by atoms with E-state index in [-0.39, 0.29) is 12.4 Å². The number of anilines is 1. The molecule has 0 saturated carbocycles. The smallest absolute Gasteiger partial charge is 0.327 e. The van der Waals surface area contributed by atoms with E-state index in [0.29, 0.717) is 0 Å². The van der Waals surface area contributed by atoms with Gasteiger partial charge in [-0.1, -0.05) is 12.1 Å². The van der Waals surface area contributed by atoms with Gasteiger partial charge >= 0.3 is 6.18 Å². The fraction of sp³-hybridized carbons (Fsp3) is 0.182. The summed E-state index contributed by atoms with van der Waals surface area (Å²) in [7, 11) is 0. The molecule has 2 nitrogen and oxygen atoms in total. The molecule has 1 aromatic carbocycles. The Hall–Kier alpha value is -1.78. The first-order valence-corrected chi connectivity index (χ1v) is 4.68. The molecule has 2 rings (SSSR count). The van der Waals surface area contributed by atoms with Crippen LogP contribution in [0.25, 0.3) is 0 Å². The number of para-hydroxylation sites is 1. The molecule has 0 unspecified atom stereocenters. The maximum absolute atomic E-state index is 12.7. The highest BCUT2D eigenvalue weighted by molar-refractivity contribution is 5.74. The zero-order valence-corrected chi connectivity index (χ0v) is 8.28. The molecular formula is C11H9F3N2. The second-order valence-corrected chi connectivity index (χ2v) is 3.30. The van der Waals surface area contributed by atoms with Crippen LogP contribution in [0.5, 0.6) is 0 Å². The van der Waals surface area contributed by atoms with Crippen LogP contribution in [0.3, 0.4) is 0 Å². The second-order valence-electron chi connectivity index (χ2n) is 3.30. The molecule has 5 heteroatoms. The average Bonchev–Trinajstić information content (AvgIpc) is 2.29. The maximum Gasteiger partial charge on any atom is 0.418 e. The van der Waals surface area contributed by atoms with Crippen LogP contribution in [0.4, 0.5) is 18.9 Å². The normalized spacial score (nSPS) is 15.6. The Bertz CT molecular complexity index is 435. The van der Waals surface area contributed by atoms with Crippen LogP contribution < -0.4 is 4.90 Å². The van der Waals surface area contributed by atoms with E-state index in [1.807, 2.05) is 0 Å². The molecule has 1 heterocycles. The van der Waals surface area contributed by atoms with Crippen molar-refractivity contribution in [1.82, 2.24) is 0 Å². The Balaban J connectivity index is 2.41. The van der Waals surface area contributed by atoms with Crippen LogP contribution in [-0.2, 0) is 6.18 Å². The average molecular weight is 226 g/mol. The lowest BCUT2D eigenvalue weighted by molar-refractivity contribution is -0.137. The summed E-state index contributed by atoms with van der Waals surface area (Å²) in [6.07, 6.45) is 0.409. The number of hydrogen-bond acceptors (Lipinski definition) is 2. The summed E-state index contributed by atoms with van der Waals surface area (Å²) >= 11 is 0. The lowest BCUT2D eigenvalue weighted by Gasteiger charge is -2.23. The van der Waals surface area contributed by atoms with Gasteiger partial charge in [0.25, 0.3) is 0 Å². The molecule has 0 amide bonds. The van der Waals surface area contributed by atoms with Gasteiger partial charge in [-0.25, -0.2) is 0 Å². The van der Waals surface area contributed by atoms with E-state index < -0.39 is 11.7 Å². The van der Waals surface area contributed by atoms with Crippen LogP contribution in [0.15, 0.2) is 41.5 Å². The number of nitrogens with zero attached hydrogens (tertiary/aromatic N) is 2. The zero-order valence-electron chi connectivity index (χ0n) is 8.28. The highest BCUT2D eigenvalue weighted by Gasteiger charge is 2.34. The molecular weight excluding hydrogens is 217 g/mol. The molecule has 1 aliphatic rings. The molecule has 0 spiro atoms. The molecule has 0 aromatic heterocycles. The molecule has 84 valence electrons. The first kappa shape index (κ1) is 10.7. The number of halogens is 3. The Morgan fingerprint density at radius 3 is 2.56 bits per heavy atom. The number of benzene rings is 1. The molecule has 0 saturated heterocycles. The monoisotopic (exact) mass is 226 g/mol. The first-order valence-electron chi connectivity index (χ1n) is 4.68. The van der Waals surface area contributed by atoms with Crippen molar-refractivity contribution in [3.63, 3.8) is 0 Å². The third-order valence-electron chi connectivity index (χ3n) is 2.21. The molecule has 0 N–H and O–H groups in total. The van der Waals surface area contributed by atoms with Crippen molar-refractivity contribution in [3.8, 4) is 0 Å². The quantitative estimate of drug-likeness (QED) is 0.718. The number of aliphatic imine (C=N–C) groups is 1.